The molecule has 10 heteroatoms. The van der Waals surface area contributed by atoms with E-state index < -0.39 is 27.7 Å². The molecule has 32 heavy (non-hydrogen) atoms. The van der Waals surface area contributed by atoms with Gasteiger partial charge in [0, 0.05) is 44.8 Å². The van der Waals surface area contributed by atoms with Crippen molar-refractivity contribution in [3.63, 3.8) is 0 Å². The Morgan fingerprint density at radius 3 is 2.50 bits per heavy atom. The summed E-state index contributed by atoms with van der Waals surface area (Å²) >= 11 is 0. The third kappa shape index (κ3) is 4.52. The van der Waals surface area contributed by atoms with Crippen molar-refractivity contribution >= 4 is 33.2 Å². The van der Waals surface area contributed by atoms with E-state index in [0.717, 1.165) is 0 Å². The van der Waals surface area contributed by atoms with E-state index in [0.29, 0.717) is 31.9 Å². The van der Waals surface area contributed by atoms with Gasteiger partial charge in [-0.25, -0.2) is 12.8 Å². The van der Waals surface area contributed by atoms with E-state index in [4.69, 9.17) is 0 Å². The van der Waals surface area contributed by atoms with Gasteiger partial charge in [-0.05, 0) is 37.4 Å². The highest BCUT2D eigenvalue weighted by Crippen LogP contribution is 2.28. The summed E-state index contributed by atoms with van der Waals surface area (Å²) in [4.78, 5) is 28.6. The van der Waals surface area contributed by atoms with Crippen LogP contribution in [0.15, 0.2) is 53.4 Å². The molecule has 1 atom stereocenters. The lowest BCUT2D eigenvalue weighted by molar-refractivity contribution is -0.122. The molecule has 4 rings (SSSR count). The fourth-order valence-electron chi connectivity index (χ4n) is 3.94. The van der Waals surface area contributed by atoms with E-state index in [1.54, 1.807) is 18.2 Å². The number of nitrogens with one attached hydrogen (secondary N) is 1. The molecule has 8 nitrogen and oxygen atoms in total. The molecule has 170 valence electrons. The number of benzene rings is 2. The second-order valence-electron chi connectivity index (χ2n) is 8.08. The van der Waals surface area contributed by atoms with E-state index in [1.807, 2.05) is 7.05 Å². The molecule has 2 heterocycles. The van der Waals surface area contributed by atoms with Crippen LogP contribution in [0.5, 0.6) is 0 Å². The van der Waals surface area contributed by atoms with Crippen LogP contribution in [-0.4, -0.2) is 69.2 Å². The molecule has 2 aromatic carbocycles. The quantitative estimate of drug-likeness (QED) is 0.734. The number of nitrogens with zero attached hydrogens (tertiary/aromatic N) is 3. The van der Waals surface area contributed by atoms with Gasteiger partial charge in [0.25, 0.3) is 0 Å². The molecule has 0 radical (unpaired) electrons. The largest absolute Gasteiger partial charge is 0.326 e. The fraction of sp³-hybridized carbons (Fsp3) is 0.364. The molecule has 1 unspecified atom stereocenters. The number of hydrogen-bond acceptors (Lipinski definition) is 5. The number of carbonyl (C=O) groups excluding carboxylic acids is 2. The minimum Gasteiger partial charge on any atom is -0.326 e. The number of para-hydroxylation sites is 1. The highest BCUT2D eigenvalue weighted by atomic mass is 32.2. The van der Waals surface area contributed by atoms with Gasteiger partial charge in [0.2, 0.25) is 21.8 Å². The zero-order valence-corrected chi connectivity index (χ0v) is 18.5. The van der Waals surface area contributed by atoms with E-state index in [2.05, 4.69) is 10.2 Å². The Kier molecular flexibility index (Phi) is 6.27. The van der Waals surface area contributed by atoms with Gasteiger partial charge in [-0.15, -0.1) is 0 Å². The maximum absolute atomic E-state index is 14.1. The number of halogens is 1. The molecular formula is C22H25FN4O4S. The zero-order valence-electron chi connectivity index (χ0n) is 17.7. The predicted octanol–water partition coefficient (Wildman–Crippen LogP) is 1.75. The summed E-state index contributed by atoms with van der Waals surface area (Å²) < 4.78 is 41.4. The van der Waals surface area contributed by atoms with Crippen molar-refractivity contribution in [3.8, 4) is 0 Å². The van der Waals surface area contributed by atoms with E-state index >= 15 is 0 Å². The fourth-order valence-corrected chi connectivity index (χ4v) is 5.41. The number of rotatable bonds is 5. The predicted molar refractivity (Wildman–Crippen MR) is 118 cm³/mol. The first-order valence-electron chi connectivity index (χ1n) is 10.4. The van der Waals surface area contributed by atoms with Gasteiger partial charge in [0.15, 0.2) is 0 Å². The molecule has 0 aromatic heterocycles. The molecule has 2 amide bonds. The molecule has 0 aliphatic carbocycles. The van der Waals surface area contributed by atoms with Crippen LogP contribution in [-0.2, 0) is 19.6 Å². The Bertz CT molecular complexity index is 1130. The number of hydrogen-bond donors (Lipinski definition) is 1. The minimum absolute atomic E-state index is 0.0422. The normalized spacial score (nSPS) is 20.5. The zero-order chi connectivity index (χ0) is 22.9. The standard InChI is InChI=1S/C22H25FN4O4S/c1-25-9-11-26(12-10-25)32(30,31)18-6-4-5-17(14-18)24-22(29)16-13-21(28)27(15-16)20-8-3-2-7-19(20)23/h2-8,14,16H,9-13,15H2,1H3,(H,24,29). The lowest BCUT2D eigenvalue weighted by atomic mass is 10.1. The SMILES string of the molecule is CN1CCN(S(=O)(=O)c2cccc(NC(=O)C3CC(=O)N(c4ccccc4F)C3)c2)CC1. The van der Waals surface area contributed by atoms with Crippen molar-refractivity contribution < 1.29 is 22.4 Å². The molecular weight excluding hydrogens is 435 g/mol. The van der Waals surface area contributed by atoms with Gasteiger partial charge >= 0.3 is 0 Å². The van der Waals surface area contributed by atoms with Crippen molar-refractivity contribution in [1.82, 2.24) is 9.21 Å². The van der Waals surface area contributed by atoms with Crippen LogP contribution in [0.4, 0.5) is 15.8 Å². The first-order chi connectivity index (χ1) is 15.3. The summed E-state index contributed by atoms with van der Waals surface area (Å²) in [6, 6.07) is 12.0. The molecule has 0 spiro atoms. The van der Waals surface area contributed by atoms with Crippen LogP contribution < -0.4 is 10.2 Å². The number of anilines is 2. The first kappa shape index (κ1) is 22.4. The molecule has 2 aliphatic rings. The third-order valence-electron chi connectivity index (χ3n) is 5.84. The maximum atomic E-state index is 14.1. The van der Waals surface area contributed by atoms with Crippen LogP contribution in [0.2, 0.25) is 0 Å². The molecule has 2 aromatic rings. The summed E-state index contributed by atoms with van der Waals surface area (Å²) in [5.41, 5.74) is 0.482. The summed E-state index contributed by atoms with van der Waals surface area (Å²) in [6.45, 7) is 2.19. The van der Waals surface area contributed by atoms with Gasteiger partial charge < -0.3 is 15.1 Å². The Balaban J connectivity index is 1.45. The van der Waals surface area contributed by atoms with E-state index in [9.17, 15) is 22.4 Å². The van der Waals surface area contributed by atoms with Crippen molar-refractivity contribution in [3.05, 3.63) is 54.3 Å². The third-order valence-corrected chi connectivity index (χ3v) is 7.74. The summed E-state index contributed by atoms with van der Waals surface area (Å²) in [6.07, 6.45) is -0.0422. The lowest BCUT2D eigenvalue weighted by Gasteiger charge is -2.31. The summed E-state index contributed by atoms with van der Waals surface area (Å²) in [7, 11) is -1.72. The van der Waals surface area contributed by atoms with Gasteiger partial charge in [0.1, 0.15) is 5.82 Å². The Hall–Kier alpha value is -2.82. The van der Waals surface area contributed by atoms with Crippen molar-refractivity contribution in [2.75, 3.05) is 50.0 Å². The number of carbonyl (C=O) groups is 2. The number of likely N-dealkylation sites (N-methyl/N-ethyl adjacent to an activating group) is 1. The summed E-state index contributed by atoms with van der Waals surface area (Å²) in [5.74, 6) is -1.93. The second kappa shape index (κ2) is 8.97. The van der Waals surface area contributed by atoms with Crippen molar-refractivity contribution in [2.24, 2.45) is 5.92 Å². The van der Waals surface area contributed by atoms with Crippen LogP contribution in [0.3, 0.4) is 0 Å². The Morgan fingerprint density at radius 2 is 1.78 bits per heavy atom. The topological polar surface area (TPSA) is 90.0 Å². The molecule has 1 N–H and O–H groups in total. The maximum Gasteiger partial charge on any atom is 0.243 e. The molecule has 0 saturated carbocycles. The molecule has 2 saturated heterocycles. The van der Waals surface area contributed by atoms with Gasteiger partial charge in [-0.3, -0.25) is 9.59 Å². The van der Waals surface area contributed by atoms with Gasteiger partial charge in [0.05, 0.1) is 16.5 Å². The average molecular weight is 461 g/mol. The smallest absolute Gasteiger partial charge is 0.243 e. The van der Waals surface area contributed by atoms with Crippen molar-refractivity contribution in [2.45, 2.75) is 11.3 Å². The number of sulfonamides is 1. The highest BCUT2D eigenvalue weighted by molar-refractivity contribution is 7.89. The van der Waals surface area contributed by atoms with Crippen LogP contribution >= 0.6 is 0 Å². The first-order valence-corrected chi connectivity index (χ1v) is 11.8. The molecule has 0 bridgehead atoms. The lowest BCUT2D eigenvalue weighted by Crippen LogP contribution is -2.47. The average Bonchev–Trinajstić information content (AvgIpc) is 3.16. The van der Waals surface area contributed by atoms with Crippen LogP contribution in [0.1, 0.15) is 6.42 Å². The highest BCUT2D eigenvalue weighted by Gasteiger charge is 2.36. The minimum atomic E-state index is -3.67. The van der Waals surface area contributed by atoms with E-state index in [-0.39, 0.29) is 29.5 Å². The van der Waals surface area contributed by atoms with E-state index in [1.165, 1.54) is 39.5 Å². The van der Waals surface area contributed by atoms with Gasteiger partial charge in [-0.2, -0.15) is 4.31 Å². The summed E-state index contributed by atoms with van der Waals surface area (Å²) in [5, 5.41) is 2.71. The van der Waals surface area contributed by atoms with Crippen LogP contribution in [0, 0.1) is 11.7 Å². The van der Waals surface area contributed by atoms with Crippen LogP contribution in [0.25, 0.3) is 0 Å². The second-order valence-corrected chi connectivity index (χ2v) is 10.0. The number of piperazine rings is 1. The number of amides is 2. The van der Waals surface area contributed by atoms with Crippen molar-refractivity contribution in [1.29, 1.82) is 0 Å². The Labute approximate surface area is 186 Å². The monoisotopic (exact) mass is 460 g/mol. The molecule has 2 aliphatic heterocycles. The Morgan fingerprint density at radius 1 is 1.06 bits per heavy atom. The molecule has 2 fully saturated rings. The van der Waals surface area contributed by atoms with Gasteiger partial charge in [-0.1, -0.05) is 18.2 Å².